The second-order valence-corrected chi connectivity index (χ2v) is 12.0. The third-order valence-corrected chi connectivity index (χ3v) is 8.76. The number of nitrogens with one attached hydrogen (secondary N) is 1. The minimum atomic E-state index is -3.92. The summed E-state index contributed by atoms with van der Waals surface area (Å²) in [6.45, 7) is 3.86. The largest absolute Gasteiger partial charge is 0.378 e. The first-order chi connectivity index (χ1) is 17.5. The number of nitrogens with zero attached hydrogens (tertiary/aromatic N) is 4. The first-order valence-corrected chi connectivity index (χ1v) is 13.8. The van der Waals surface area contributed by atoms with E-state index in [0.717, 1.165) is 5.69 Å². The van der Waals surface area contributed by atoms with E-state index in [1.807, 2.05) is 45.0 Å². The number of rotatable bonds is 8. The zero-order chi connectivity index (χ0) is 26.9. The number of pyridine rings is 1. The predicted octanol–water partition coefficient (Wildman–Crippen LogP) is 1.54. The van der Waals surface area contributed by atoms with Crippen molar-refractivity contribution < 1.29 is 22.8 Å². The van der Waals surface area contributed by atoms with Crippen LogP contribution >= 0.6 is 0 Å². The number of sulfonamides is 1. The Hall–Kier alpha value is -3.31. The van der Waals surface area contributed by atoms with E-state index >= 15 is 0 Å². The average Bonchev–Trinajstić information content (AvgIpc) is 3.45. The highest BCUT2D eigenvalue weighted by Crippen LogP contribution is 2.34. The van der Waals surface area contributed by atoms with Crippen molar-refractivity contribution in [1.82, 2.24) is 19.5 Å². The van der Waals surface area contributed by atoms with E-state index in [2.05, 4.69) is 10.3 Å². The minimum absolute atomic E-state index is 0.0611. The van der Waals surface area contributed by atoms with Crippen LogP contribution in [0.4, 0.5) is 5.69 Å². The molecule has 198 valence electrons. The molecule has 2 aliphatic rings. The van der Waals surface area contributed by atoms with E-state index in [4.69, 9.17) is 0 Å². The quantitative estimate of drug-likeness (QED) is 0.553. The van der Waals surface area contributed by atoms with Crippen molar-refractivity contribution in [3.8, 4) is 0 Å². The average molecular weight is 528 g/mol. The molecule has 3 atom stereocenters. The molecule has 0 spiro atoms. The van der Waals surface area contributed by atoms with Gasteiger partial charge in [-0.1, -0.05) is 13.8 Å². The second kappa shape index (κ2) is 10.6. The number of hydrogen-bond acceptors (Lipinski definition) is 7. The van der Waals surface area contributed by atoms with E-state index in [0.29, 0.717) is 18.4 Å². The van der Waals surface area contributed by atoms with Crippen LogP contribution in [-0.4, -0.2) is 85.5 Å². The highest BCUT2D eigenvalue weighted by molar-refractivity contribution is 7.89. The van der Waals surface area contributed by atoms with Crippen LogP contribution in [0.25, 0.3) is 0 Å². The number of carbonyl (C=O) groups is 3. The topological polar surface area (TPSA) is 120 Å². The molecule has 2 aromatic rings. The van der Waals surface area contributed by atoms with Gasteiger partial charge in [0.1, 0.15) is 12.1 Å². The normalized spacial score (nSPS) is 20.7. The van der Waals surface area contributed by atoms with Crippen LogP contribution < -0.4 is 10.2 Å². The summed E-state index contributed by atoms with van der Waals surface area (Å²) in [6, 6.07) is 7.51. The van der Waals surface area contributed by atoms with E-state index < -0.39 is 28.1 Å². The van der Waals surface area contributed by atoms with Gasteiger partial charge in [0.25, 0.3) is 5.91 Å². The fraction of sp³-hybridized carbons (Fsp3) is 0.462. The van der Waals surface area contributed by atoms with Gasteiger partial charge in [-0.05, 0) is 55.2 Å². The summed E-state index contributed by atoms with van der Waals surface area (Å²) < 4.78 is 27.7. The van der Waals surface area contributed by atoms with Crippen molar-refractivity contribution in [3.63, 3.8) is 0 Å². The summed E-state index contributed by atoms with van der Waals surface area (Å²) in [7, 11) is -0.105. The maximum absolute atomic E-state index is 13.7. The molecule has 10 nitrogen and oxygen atoms in total. The third-order valence-electron chi connectivity index (χ3n) is 6.87. The highest BCUT2D eigenvalue weighted by Gasteiger charge is 2.54. The van der Waals surface area contributed by atoms with E-state index in [9.17, 15) is 22.8 Å². The van der Waals surface area contributed by atoms with E-state index in [1.54, 1.807) is 12.1 Å². The zero-order valence-electron chi connectivity index (χ0n) is 21.5. The fourth-order valence-corrected chi connectivity index (χ4v) is 6.64. The smallest absolute Gasteiger partial charge is 0.251 e. The van der Waals surface area contributed by atoms with Crippen LogP contribution in [0.1, 0.15) is 37.0 Å². The molecule has 2 amide bonds. The third kappa shape index (κ3) is 5.37. The first-order valence-electron chi connectivity index (χ1n) is 12.3. The maximum atomic E-state index is 13.7. The van der Waals surface area contributed by atoms with Crippen LogP contribution in [-0.2, 0) is 19.6 Å². The van der Waals surface area contributed by atoms with Gasteiger partial charge in [-0.2, -0.15) is 4.31 Å². The Morgan fingerprint density at radius 3 is 2.35 bits per heavy atom. The van der Waals surface area contributed by atoms with Crippen LogP contribution in [0.3, 0.4) is 0 Å². The van der Waals surface area contributed by atoms with Gasteiger partial charge in [0, 0.05) is 44.3 Å². The molecule has 0 bridgehead atoms. The number of benzene rings is 1. The molecule has 0 radical (unpaired) electrons. The molecule has 3 heterocycles. The molecule has 3 unspecified atom stereocenters. The molecule has 0 saturated carbocycles. The van der Waals surface area contributed by atoms with Crippen LogP contribution in [0.5, 0.6) is 0 Å². The first kappa shape index (κ1) is 26.7. The molecule has 2 fully saturated rings. The lowest BCUT2D eigenvalue weighted by atomic mass is 10.0. The molecule has 1 N–H and O–H groups in total. The van der Waals surface area contributed by atoms with E-state index in [-0.39, 0.29) is 41.5 Å². The number of amides is 2. The van der Waals surface area contributed by atoms with Crippen molar-refractivity contribution in [2.75, 3.05) is 32.1 Å². The number of Topliss-reactive ketones (excluding diaryl/α,β-unsaturated/α-hetero) is 1. The molecule has 2 aliphatic heterocycles. The summed E-state index contributed by atoms with van der Waals surface area (Å²) in [5.74, 6) is -0.954. The van der Waals surface area contributed by atoms with Gasteiger partial charge in [-0.25, -0.2) is 8.42 Å². The van der Waals surface area contributed by atoms with Crippen molar-refractivity contribution in [1.29, 1.82) is 0 Å². The molecular formula is C26H33N5O5S. The fourth-order valence-electron chi connectivity index (χ4n) is 5.03. The van der Waals surface area contributed by atoms with Crippen molar-refractivity contribution in [2.45, 2.75) is 49.7 Å². The molecule has 2 saturated heterocycles. The van der Waals surface area contributed by atoms with Crippen LogP contribution in [0, 0.1) is 5.92 Å². The Kier molecular flexibility index (Phi) is 7.65. The van der Waals surface area contributed by atoms with Gasteiger partial charge >= 0.3 is 0 Å². The van der Waals surface area contributed by atoms with Crippen molar-refractivity contribution in [3.05, 3.63) is 54.4 Å². The number of aromatic nitrogens is 1. The molecule has 0 aliphatic carbocycles. The lowest BCUT2D eigenvalue weighted by molar-refractivity contribution is -0.138. The molecule has 4 rings (SSSR count). The molecule has 11 heteroatoms. The summed E-state index contributed by atoms with van der Waals surface area (Å²) >= 11 is 0. The van der Waals surface area contributed by atoms with Gasteiger partial charge in [0.15, 0.2) is 5.78 Å². The lowest BCUT2D eigenvalue weighted by Crippen LogP contribution is -2.53. The van der Waals surface area contributed by atoms with Gasteiger partial charge in [0.05, 0.1) is 17.5 Å². The SMILES string of the molecule is CC(C)CC(NC(=O)c1ccc(N(C)C)cc1)C(=O)N1CCC2C1C(=O)CN2S(=O)(=O)c1ccncc1. The Morgan fingerprint density at radius 1 is 1.11 bits per heavy atom. The second-order valence-electron chi connectivity index (χ2n) is 10.1. The standard InChI is InChI=1S/C26H33N5O5S/c1-17(2)15-21(28-25(33)18-5-7-19(8-6-18)29(3)4)26(34)30-14-11-22-24(30)23(32)16-31(22)37(35,36)20-9-12-27-13-10-20/h5-10,12-13,17,21-22,24H,11,14-16H2,1-4H3,(H,28,33). The molecule has 37 heavy (non-hydrogen) atoms. The maximum Gasteiger partial charge on any atom is 0.251 e. The summed E-state index contributed by atoms with van der Waals surface area (Å²) in [4.78, 5) is 47.0. The number of likely N-dealkylation sites (tertiary alicyclic amines) is 1. The lowest BCUT2D eigenvalue weighted by Gasteiger charge is -2.29. The van der Waals surface area contributed by atoms with Gasteiger partial charge < -0.3 is 15.1 Å². The summed E-state index contributed by atoms with van der Waals surface area (Å²) in [5.41, 5.74) is 1.37. The number of fused-ring (bicyclic) bond motifs is 1. The molecular weight excluding hydrogens is 494 g/mol. The number of anilines is 1. The number of carbonyl (C=O) groups excluding carboxylic acids is 3. The summed E-state index contributed by atoms with van der Waals surface area (Å²) in [5, 5.41) is 2.86. The van der Waals surface area contributed by atoms with Gasteiger partial charge in [-0.3, -0.25) is 19.4 Å². The Balaban J connectivity index is 1.53. The monoisotopic (exact) mass is 527 g/mol. The highest BCUT2D eigenvalue weighted by atomic mass is 32.2. The Morgan fingerprint density at radius 2 is 1.76 bits per heavy atom. The van der Waals surface area contributed by atoms with E-state index in [1.165, 1.54) is 33.7 Å². The van der Waals surface area contributed by atoms with Gasteiger partial charge in [-0.15, -0.1) is 0 Å². The zero-order valence-corrected chi connectivity index (χ0v) is 22.3. The number of hydrogen-bond donors (Lipinski definition) is 1. The Bertz CT molecular complexity index is 1260. The van der Waals surface area contributed by atoms with Crippen LogP contribution in [0.2, 0.25) is 0 Å². The number of ketones is 1. The summed E-state index contributed by atoms with van der Waals surface area (Å²) in [6.07, 6.45) is 3.52. The predicted molar refractivity (Wildman–Crippen MR) is 139 cm³/mol. The molecule has 1 aromatic heterocycles. The van der Waals surface area contributed by atoms with Gasteiger partial charge in [0.2, 0.25) is 15.9 Å². The minimum Gasteiger partial charge on any atom is -0.378 e. The molecule has 1 aromatic carbocycles. The Labute approximate surface area is 217 Å². The van der Waals surface area contributed by atoms with Crippen LogP contribution in [0.15, 0.2) is 53.7 Å². The van der Waals surface area contributed by atoms with Crippen molar-refractivity contribution in [2.24, 2.45) is 5.92 Å². The van der Waals surface area contributed by atoms with Crippen molar-refractivity contribution >= 4 is 33.3 Å².